The number of rotatable bonds is 2. The van der Waals surface area contributed by atoms with E-state index < -0.39 is 0 Å². The van der Waals surface area contributed by atoms with Crippen molar-refractivity contribution in [1.29, 1.82) is 0 Å². The average molecular weight is 269 g/mol. The molecular weight excluding hydrogens is 242 g/mol. The molecule has 1 rings (SSSR count). The van der Waals surface area contributed by atoms with Crippen molar-refractivity contribution >= 4 is 11.1 Å². The van der Waals surface area contributed by atoms with Gasteiger partial charge in [-0.15, -0.1) is 0 Å². The number of allylic oxidation sites excluding steroid dienone is 2. The first-order chi connectivity index (χ1) is 9.12. The van der Waals surface area contributed by atoms with Crippen LogP contribution in [0.15, 0.2) is 43.6 Å². The van der Waals surface area contributed by atoms with Gasteiger partial charge in [-0.3, -0.25) is 4.98 Å². The van der Waals surface area contributed by atoms with Gasteiger partial charge in [0.05, 0.1) is 5.35 Å². The average Bonchev–Trinajstić information content (AvgIpc) is 2.29. The maximum Gasteiger partial charge on any atom is 0.0741 e. The summed E-state index contributed by atoms with van der Waals surface area (Å²) in [4.78, 5) is 4.62. The summed E-state index contributed by atoms with van der Waals surface area (Å²) in [6.07, 6.45) is 5.72. The summed E-state index contributed by atoms with van der Waals surface area (Å²) in [5.74, 6) is 0. The Labute approximate surface area is 123 Å². The highest BCUT2D eigenvalue weighted by molar-refractivity contribution is 5.65. The fourth-order valence-corrected chi connectivity index (χ4v) is 2.42. The minimum Gasteiger partial charge on any atom is -0.256 e. The largest absolute Gasteiger partial charge is 0.256 e. The molecule has 1 aromatic heterocycles. The van der Waals surface area contributed by atoms with Crippen molar-refractivity contribution in [2.45, 2.75) is 41.5 Å². The molecule has 0 unspecified atom stereocenters. The summed E-state index contributed by atoms with van der Waals surface area (Å²) < 4.78 is 0. The van der Waals surface area contributed by atoms with Crippen molar-refractivity contribution in [3.63, 3.8) is 0 Å². The number of hydrogen-bond donors (Lipinski definition) is 0. The Morgan fingerprint density at radius 3 is 1.85 bits per heavy atom. The van der Waals surface area contributed by atoms with Crippen LogP contribution in [0, 0.1) is 10.8 Å². The van der Waals surface area contributed by atoms with Gasteiger partial charge in [0.15, 0.2) is 0 Å². The standard InChI is InChI=1S/C19H27N/c1-9-15(18(3,4)5)14-12-11-13-20-17(14)16(10-2)19(6,7)8/h9-13H,1-2H2,3-8H3/b15-14+,17-16-. The van der Waals surface area contributed by atoms with Crippen LogP contribution in [0.3, 0.4) is 0 Å². The van der Waals surface area contributed by atoms with Crippen LogP contribution >= 0.6 is 0 Å². The Bertz CT molecular complexity index is 562. The van der Waals surface area contributed by atoms with Crippen LogP contribution in [0.2, 0.25) is 0 Å². The van der Waals surface area contributed by atoms with E-state index in [0.717, 1.165) is 16.1 Å². The molecule has 0 saturated heterocycles. The van der Waals surface area contributed by atoms with E-state index >= 15 is 0 Å². The molecule has 0 aliphatic rings. The second-order valence-corrected chi connectivity index (χ2v) is 7.14. The molecule has 0 N–H and O–H groups in total. The molecule has 0 aliphatic heterocycles. The highest BCUT2D eigenvalue weighted by atomic mass is 14.6. The first-order valence-electron chi connectivity index (χ1n) is 7.08. The summed E-state index contributed by atoms with van der Waals surface area (Å²) in [6.45, 7) is 21.1. The van der Waals surface area contributed by atoms with Crippen LogP contribution in [0.5, 0.6) is 0 Å². The Balaban J connectivity index is 4.06. The molecule has 108 valence electrons. The van der Waals surface area contributed by atoms with Crippen molar-refractivity contribution in [2.24, 2.45) is 10.8 Å². The Kier molecular flexibility index (Phi) is 4.75. The molecule has 0 amide bonds. The van der Waals surface area contributed by atoms with Gasteiger partial charge in [-0.05, 0) is 28.0 Å². The number of pyridine rings is 1. The summed E-state index contributed by atoms with van der Waals surface area (Å²) in [5, 5.41) is 2.17. The predicted octanol–water partition coefficient (Wildman–Crippen LogP) is 3.85. The lowest BCUT2D eigenvalue weighted by atomic mass is 9.82. The number of hydrogen-bond acceptors (Lipinski definition) is 1. The fourth-order valence-electron chi connectivity index (χ4n) is 2.42. The molecule has 0 saturated carbocycles. The quantitative estimate of drug-likeness (QED) is 0.795. The number of nitrogens with zero attached hydrogens (tertiary/aromatic N) is 1. The number of aromatic nitrogens is 1. The van der Waals surface area contributed by atoms with E-state index in [-0.39, 0.29) is 10.8 Å². The Morgan fingerprint density at radius 2 is 1.45 bits per heavy atom. The minimum atomic E-state index is 0.00895. The Morgan fingerprint density at radius 1 is 0.950 bits per heavy atom. The minimum absolute atomic E-state index is 0.00895. The van der Waals surface area contributed by atoms with Crippen LogP contribution in [0.4, 0.5) is 0 Å². The van der Waals surface area contributed by atoms with Gasteiger partial charge in [0.1, 0.15) is 0 Å². The third kappa shape index (κ3) is 3.47. The van der Waals surface area contributed by atoms with E-state index in [1.807, 2.05) is 24.4 Å². The van der Waals surface area contributed by atoms with Gasteiger partial charge in [-0.2, -0.15) is 0 Å². The third-order valence-corrected chi connectivity index (χ3v) is 3.38. The van der Waals surface area contributed by atoms with Gasteiger partial charge in [-0.1, -0.05) is 72.9 Å². The predicted molar refractivity (Wildman–Crippen MR) is 89.6 cm³/mol. The molecule has 0 fully saturated rings. The smallest absolute Gasteiger partial charge is 0.0741 e. The summed E-state index contributed by atoms with van der Waals surface area (Å²) in [7, 11) is 0. The fraction of sp³-hybridized carbons (Fsp3) is 0.421. The van der Waals surface area contributed by atoms with E-state index in [2.05, 4.69) is 65.8 Å². The molecule has 0 radical (unpaired) electrons. The molecule has 0 aliphatic carbocycles. The monoisotopic (exact) mass is 269 g/mol. The van der Waals surface area contributed by atoms with Gasteiger partial charge in [0.2, 0.25) is 0 Å². The topological polar surface area (TPSA) is 12.9 Å². The molecule has 0 atom stereocenters. The molecule has 1 heteroatoms. The molecule has 1 nitrogen and oxygen atoms in total. The SMILES string of the molecule is C=C/C(=c1/nccc/c1=C(/C=C)C(C)(C)C)C(C)(C)C. The second kappa shape index (κ2) is 5.78. The first kappa shape index (κ1) is 16.4. The van der Waals surface area contributed by atoms with E-state index in [0.29, 0.717) is 0 Å². The second-order valence-electron chi connectivity index (χ2n) is 7.14. The highest BCUT2D eigenvalue weighted by Gasteiger charge is 2.19. The molecular formula is C19H27N. The lowest BCUT2D eigenvalue weighted by Crippen LogP contribution is -2.36. The summed E-state index contributed by atoms with van der Waals surface area (Å²) >= 11 is 0. The summed E-state index contributed by atoms with van der Waals surface area (Å²) in [6, 6.07) is 4.11. The van der Waals surface area contributed by atoms with Crippen molar-refractivity contribution < 1.29 is 0 Å². The van der Waals surface area contributed by atoms with Crippen molar-refractivity contribution in [3.05, 3.63) is 54.2 Å². The van der Waals surface area contributed by atoms with Crippen LogP contribution in [-0.4, -0.2) is 4.98 Å². The molecule has 0 aromatic carbocycles. The van der Waals surface area contributed by atoms with Gasteiger partial charge in [0, 0.05) is 11.4 Å². The summed E-state index contributed by atoms with van der Waals surface area (Å²) in [5.41, 5.74) is 2.42. The van der Waals surface area contributed by atoms with Gasteiger partial charge in [-0.25, -0.2) is 0 Å². The Hall–Kier alpha value is -1.63. The van der Waals surface area contributed by atoms with Crippen LogP contribution < -0.4 is 10.6 Å². The molecule has 1 aromatic rings. The van der Waals surface area contributed by atoms with E-state index in [4.69, 9.17) is 0 Å². The van der Waals surface area contributed by atoms with Gasteiger partial charge in [0.25, 0.3) is 0 Å². The zero-order chi connectivity index (χ0) is 15.6. The zero-order valence-electron chi connectivity index (χ0n) is 13.7. The molecule has 0 bridgehead atoms. The van der Waals surface area contributed by atoms with E-state index in [9.17, 15) is 0 Å². The van der Waals surface area contributed by atoms with Gasteiger partial charge < -0.3 is 0 Å². The molecule has 0 spiro atoms. The maximum atomic E-state index is 4.62. The molecule has 1 heterocycles. The van der Waals surface area contributed by atoms with Crippen LogP contribution in [0.1, 0.15) is 41.5 Å². The third-order valence-electron chi connectivity index (χ3n) is 3.38. The van der Waals surface area contributed by atoms with Crippen molar-refractivity contribution in [2.75, 3.05) is 0 Å². The van der Waals surface area contributed by atoms with E-state index in [1.54, 1.807) is 0 Å². The highest BCUT2D eigenvalue weighted by Crippen LogP contribution is 2.27. The first-order valence-corrected chi connectivity index (χ1v) is 7.08. The lowest BCUT2D eigenvalue weighted by molar-refractivity contribution is 0.560. The van der Waals surface area contributed by atoms with Crippen LogP contribution in [0.25, 0.3) is 11.1 Å². The van der Waals surface area contributed by atoms with Crippen LogP contribution in [-0.2, 0) is 0 Å². The maximum absolute atomic E-state index is 4.62. The van der Waals surface area contributed by atoms with E-state index in [1.165, 1.54) is 5.57 Å². The van der Waals surface area contributed by atoms with Crippen molar-refractivity contribution in [1.82, 2.24) is 4.98 Å². The molecule has 20 heavy (non-hydrogen) atoms. The van der Waals surface area contributed by atoms with Crippen molar-refractivity contribution in [3.8, 4) is 0 Å². The lowest BCUT2D eigenvalue weighted by Gasteiger charge is -2.23. The normalized spacial score (nSPS) is 15.5. The zero-order valence-corrected chi connectivity index (χ0v) is 13.7. The van der Waals surface area contributed by atoms with Gasteiger partial charge >= 0.3 is 0 Å².